The molecule has 0 heterocycles. The van der Waals surface area contributed by atoms with Crippen molar-refractivity contribution >= 4 is 58.1 Å². The van der Waals surface area contributed by atoms with Gasteiger partial charge in [-0.1, -0.05) is 60.7 Å². The van der Waals surface area contributed by atoms with Crippen molar-refractivity contribution in [3.8, 4) is 0 Å². The molecule has 2 bridgehead atoms. The van der Waals surface area contributed by atoms with Gasteiger partial charge in [0.15, 0.2) is 0 Å². The number of halogens is 3. The van der Waals surface area contributed by atoms with E-state index < -0.39 is 16.8 Å². The Hall–Kier alpha value is -2.08. The number of nitrogens with zero attached hydrogens (tertiary/aromatic N) is 1. The molecule has 2 aliphatic carbocycles. The molecule has 2 saturated carbocycles. The van der Waals surface area contributed by atoms with Gasteiger partial charge in [0.05, 0.1) is 21.7 Å². The van der Waals surface area contributed by atoms with Crippen molar-refractivity contribution in [2.24, 2.45) is 21.4 Å². The standard InChI is InChI=1S/C25H25Cl3N2O3/c1-14-11-15(26)6-8-19(14)29-22(32)25-10-9-24(4,23(25,2)3)20(13-25)30-33-21(31)17-7-5-16(27)12-18(17)28/h5-8,11-12H,9-10,13H2,1-4H3,(H,29,32). The molecule has 2 atom stereocenters. The zero-order valence-electron chi connectivity index (χ0n) is 18.9. The van der Waals surface area contributed by atoms with Crippen LogP contribution in [0.4, 0.5) is 5.69 Å². The number of amides is 1. The number of anilines is 1. The SMILES string of the molecule is Cc1cc(Cl)ccc1NC(=O)C12CCC(C)(C(=NOC(=O)c3ccc(Cl)cc3Cl)C1)C2(C)C. The fourth-order valence-corrected chi connectivity index (χ4v) is 6.04. The van der Waals surface area contributed by atoms with Gasteiger partial charge in [-0.3, -0.25) is 4.79 Å². The van der Waals surface area contributed by atoms with Crippen molar-refractivity contribution < 1.29 is 14.4 Å². The number of hydrogen-bond donors (Lipinski definition) is 1. The van der Waals surface area contributed by atoms with Gasteiger partial charge in [0, 0.05) is 27.6 Å². The van der Waals surface area contributed by atoms with Crippen LogP contribution in [0.5, 0.6) is 0 Å². The molecule has 8 heteroatoms. The molecule has 33 heavy (non-hydrogen) atoms. The van der Waals surface area contributed by atoms with Crippen LogP contribution < -0.4 is 5.32 Å². The van der Waals surface area contributed by atoms with E-state index in [4.69, 9.17) is 39.6 Å². The Morgan fingerprint density at radius 1 is 1.00 bits per heavy atom. The second-order valence-corrected chi connectivity index (χ2v) is 11.0. The highest BCUT2D eigenvalue weighted by molar-refractivity contribution is 6.36. The average Bonchev–Trinajstić information content (AvgIpc) is 3.04. The number of carbonyl (C=O) groups excluding carboxylic acids is 2. The van der Waals surface area contributed by atoms with E-state index in [1.807, 2.05) is 19.1 Å². The summed E-state index contributed by atoms with van der Waals surface area (Å²) in [5.74, 6) is -0.720. The highest BCUT2D eigenvalue weighted by Crippen LogP contribution is 2.71. The van der Waals surface area contributed by atoms with Gasteiger partial charge in [-0.2, -0.15) is 0 Å². The van der Waals surface area contributed by atoms with E-state index >= 15 is 0 Å². The summed E-state index contributed by atoms with van der Waals surface area (Å²) in [6.07, 6.45) is 1.91. The predicted octanol–water partition coefficient (Wildman–Crippen LogP) is 7.32. The fourth-order valence-electron chi connectivity index (χ4n) is 5.33. The first-order valence-electron chi connectivity index (χ1n) is 10.7. The quantitative estimate of drug-likeness (QED) is 0.348. The first-order chi connectivity index (χ1) is 15.4. The number of rotatable bonds is 4. The minimum atomic E-state index is -0.670. The lowest BCUT2D eigenvalue weighted by molar-refractivity contribution is -0.130. The van der Waals surface area contributed by atoms with Gasteiger partial charge in [-0.15, -0.1) is 0 Å². The Bertz CT molecular complexity index is 1190. The molecule has 2 fully saturated rings. The molecule has 5 nitrogen and oxygen atoms in total. The lowest BCUT2D eigenvalue weighted by Crippen LogP contribution is -2.43. The summed E-state index contributed by atoms with van der Waals surface area (Å²) in [7, 11) is 0. The number of nitrogens with one attached hydrogen (secondary N) is 1. The molecule has 4 rings (SSSR count). The monoisotopic (exact) mass is 506 g/mol. The Morgan fingerprint density at radius 2 is 1.67 bits per heavy atom. The molecule has 0 spiro atoms. The van der Waals surface area contributed by atoms with Crippen molar-refractivity contribution in [2.45, 2.75) is 47.0 Å². The lowest BCUT2D eigenvalue weighted by Gasteiger charge is -2.39. The van der Waals surface area contributed by atoms with Crippen LogP contribution in [0.25, 0.3) is 0 Å². The molecule has 1 N–H and O–H groups in total. The fraction of sp³-hybridized carbons (Fsp3) is 0.400. The molecule has 2 aromatic rings. The van der Waals surface area contributed by atoms with E-state index in [2.05, 4.69) is 31.2 Å². The second kappa shape index (κ2) is 8.30. The van der Waals surface area contributed by atoms with E-state index in [-0.39, 0.29) is 21.9 Å². The van der Waals surface area contributed by atoms with E-state index in [1.165, 1.54) is 12.1 Å². The smallest absolute Gasteiger partial charge is 0.325 e. The van der Waals surface area contributed by atoms with Crippen molar-refractivity contribution in [3.63, 3.8) is 0 Å². The van der Waals surface area contributed by atoms with Gasteiger partial charge in [0.2, 0.25) is 5.91 Å². The first-order valence-corrected chi connectivity index (χ1v) is 11.9. The van der Waals surface area contributed by atoms with E-state index in [9.17, 15) is 9.59 Å². The maximum atomic E-state index is 13.6. The molecular weight excluding hydrogens is 483 g/mol. The summed E-state index contributed by atoms with van der Waals surface area (Å²) in [5.41, 5.74) is 1.07. The molecule has 2 aliphatic rings. The van der Waals surface area contributed by atoms with Crippen LogP contribution in [-0.2, 0) is 9.63 Å². The van der Waals surface area contributed by atoms with Crippen molar-refractivity contribution in [1.29, 1.82) is 0 Å². The number of oxime groups is 1. The third kappa shape index (κ3) is 3.74. The Labute approximate surface area is 208 Å². The van der Waals surface area contributed by atoms with Gasteiger partial charge < -0.3 is 10.2 Å². The average molecular weight is 508 g/mol. The molecular formula is C25H25Cl3N2O3. The minimum absolute atomic E-state index is 0.0566. The second-order valence-electron chi connectivity index (χ2n) is 9.67. The summed E-state index contributed by atoms with van der Waals surface area (Å²) < 4.78 is 0. The normalized spacial score (nSPS) is 26.5. The maximum Gasteiger partial charge on any atom is 0.367 e. The highest BCUT2D eigenvalue weighted by Gasteiger charge is 2.71. The summed E-state index contributed by atoms with van der Waals surface area (Å²) in [6.45, 7) is 8.18. The molecule has 0 radical (unpaired) electrons. The number of carbonyl (C=O) groups is 2. The largest absolute Gasteiger partial charge is 0.367 e. The van der Waals surface area contributed by atoms with Crippen molar-refractivity contribution in [1.82, 2.24) is 0 Å². The van der Waals surface area contributed by atoms with Crippen LogP contribution in [0.1, 0.15) is 56.0 Å². The number of aryl methyl sites for hydroxylation is 1. The molecule has 1 amide bonds. The molecule has 0 saturated heterocycles. The van der Waals surface area contributed by atoms with Crippen LogP contribution in [0, 0.1) is 23.2 Å². The van der Waals surface area contributed by atoms with Crippen molar-refractivity contribution in [2.75, 3.05) is 5.32 Å². The van der Waals surface area contributed by atoms with Gasteiger partial charge in [0.25, 0.3) is 0 Å². The zero-order chi connectivity index (χ0) is 24.2. The van der Waals surface area contributed by atoms with Crippen LogP contribution in [0.2, 0.25) is 15.1 Å². The third-order valence-corrected chi connectivity index (χ3v) is 8.78. The Kier molecular flexibility index (Phi) is 6.05. The summed E-state index contributed by atoms with van der Waals surface area (Å²) in [6, 6.07) is 9.94. The molecule has 0 aliphatic heterocycles. The third-order valence-electron chi connectivity index (χ3n) is 7.99. The van der Waals surface area contributed by atoms with Crippen LogP contribution in [0.3, 0.4) is 0 Å². The molecule has 2 aromatic carbocycles. The van der Waals surface area contributed by atoms with Crippen LogP contribution >= 0.6 is 34.8 Å². The van der Waals surface area contributed by atoms with Gasteiger partial charge in [0.1, 0.15) is 0 Å². The van der Waals surface area contributed by atoms with Crippen LogP contribution in [-0.4, -0.2) is 17.6 Å². The molecule has 2 unspecified atom stereocenters. The highest BCUT2D eigenvalue weighted by atomic mass is 35.5. The summed E-state index contributed by atoms with van der Waals surface area (Å²) in [5, 5.41) is 8.60. The van der Waals surface area contributed by atoms with E-state index in [0.29, 0.717) is 22.2 Å². The number of fused-ring (bicyclic) bond motifs is 2. The van der Waals surface area contributed by atoms with E-state index in [0.717, 1.165) is 24.1 Å². The van der Waals surface area contributed by atoms with Gasteiger partial charge in [-0.25, -0.2) is 4.79 Å². The van der Waals surface area contributed by atoms with Crippen molar-refractivity contribution in [3.05, 3.63) is 62.6 Å². The van der Waals surface area contributed by atoms with E-state index in [1.54, 1.807) is 12.1 Å². The van der Waals surface area contributed by atoms with Gasteiger partial charge >= 0.3 is 5.97 Å². The first kappa shape index (κ1) is 24.1. The Balaban J connectivity index is 1.60. The maximum absolute atomic E-state index is 13.6. The molecule has 174 valence electrons. The Morgan fingerprint density at radius 3 is 2.33 bits per heavy atom. The topological polar surface area (TPSA) is 67.8 Å². The molecule has 0 aromatic heterocycles. The summed E-state index contributed by atoms with van der Waals surface area (Å²) in [4.78, 5) is 31.5. The zero-order valence-corrected chi connectivity index (χ0v) is 21.2. The minimum Gasteiger partial charge on any atom is -0.325 e. The van der Waals surface area contributed by atoms with Gasteiger partial charge in [-0.05, 0) is 67.1 Å². The summed E-state index contributed by atoms with van der Waals surface area (Å²) >= 11 is 18.1. The number of benzene rings is 2. The van der Waals surface area contributed by atoms with Crippen LogP contribution in [0.15, 0.2) is 41.6 Å². The lowest BCUT2D eigenvalue weighted by atomic mass is 9.64. The predicted molar refractivity (Wildman–Crippen MR) is 132 cm³/mol. The number of hydrogen-bond acceptors (Lipinski definition) is 4.